The summed E-state index contributed by atoms with van der Waals surface area (Å²) >= 11 is 0. The average Bonchev–Trinajstić information content (AvgIpc) is 2.28. The Morgan fingerprint density at radius 3 is 2.47 bits per heavy atom. The van der Waals surface area contributed by atoms with Crippen molar-refractivity contribution < 1.29 is 4.79 Å². The quantitative estimate of drug-likeness (QED) is 0.818. The van der Waals surface area contributed by atoms with Gasteiger partial charge in [-0.1, -0.05) is 33.1 Å². The molecular formula is C13H27ClN2O. The van der Waals surface area contributed by atoms with Gasteiger partial charge < -0.3 is 11.1 Å². The monoisotopic (exact) mass is 262 g/mol. The molecule has 17 heavy (non-hydrogen) atoms. The summed E-state index contributed by atoms with van der Waals surface area (Å²) in [5, 5.41) is 3.18. The highest BCUT2D eigenvalue weighted by atomic mass is 35.5. The van der Waals surface area contributed by atoms with E-state index in [0.29, 0.717) is 12.0 Å². The molecule has 0 heterocycles. The molecule has 1 rings (SSSR count). The lowest BCUT2D eigenvalue weighted by Gasteiger charge is -2.32. The van der Waals surface area contributed by atoms with Crippen molar-refractivity contribution in [3.8, 4) is 0 Å². The smallest absolute Gasteiger partial charge is 0.224 e. The minimum Gasteiger partial charge on any atom is -0.353 e. The Kier molecular flexibility index (Phi) is 7.80. The standard InChI is InChI=1S/C13H26N2O.ClH/c1-4-11-7-5-6-8-12(11)15-13(16)9(2)10(3)14;/h9-12H,4-8,14H2,1-3H3,(H,15,16);1H. The Balaban J connectivity index is 0.00000256. The molecule has 1 amide bonds. The third kappa shape index (κ3) is 4.84. The lowest BCUT2D eigenvalue weighted by Crippen LogP contribution is -2.47. The number of carbonyl (C=O) groups excluding carboxylic acids is 1. The fraction of sp³-hybridized carbons (Fsp3) is 0.923. The van der Waals surface area contributed by atoms with Crippen LogP contribution in [0.1, 0.15) is 52.9 Å². The van der Waals surface area contributed by atoms with Crippen LogP contribution in [0.3, 0.4) is 0 Å². The average molecular weight is 263 g/mol. The number of nitrogens with two attached hydrogens (primary N) is 1. The van der Waals surface area contributed by atoms with E-state index >= 15 is 0 Å². The Hall–Kier alpha value is -0.280. The van der Waals surface area contributed by atoms with Gasteiger partial charge in [-0.05, 0) is 25.7 Å². The van der Waals surface area contributed by atoms with Gasteiger partial charge in [0.1, 0.15) is 0 Å². The minimum atomic E-state index is -0.0839. The Bertz CT molecular complexity index is 233. The van der Waals surface area contributed by atoms with E-state index in [0.717, 1.165) is 12.8 Å². The zero-order valence-corrected chi connectivity index (χ0v) is 12.1. The van der Waals surface area contributed by atoms with Crippen LogP contribution in [0.15, 0.2) is 0 Å². The van der Waals surface area contributed by atoms with Gasteiger partial charge in [-0.25, -0.2) is 0 Å². The van der Waals surface area contributed by atoms with Crippen molar-refractivity contribution >= 4 is 18.3 Å². The van der Waals surface area contributed by atoms with Gasteiger partial charge >= 0.3 is 0 Å². The van der Waals surface area contributed by atoms with Crippen LogP contribution in [-0.2, 0) is 4.79 Å². The highest BCUT2D eigenvalue weighted by Gasteiger charge is 2.27. The molecule has 0 aliphatic heterocycles. The van der Waals surface area contributed by atoms with E-state index in [1.165, 1.54) is 19.3 Å². The Labute approximate surface area is 111 Å². The number of carbonyl (C=O) groups is 1. The number of amides is 1. The van der Waals surface area contributed by atoms with Crippen molar-refractivity contribution in [2.45, 2.75) is 65.0 Å². The van der Waals surface area contributed by atoms with Crippen molar-refractivity contribution in [3.05, 3.63) is 0 Å². The predicted molar refractivity (Wildman–Crippen MR) is 74.2 cm³/mol. The van der Waals surface area contributed by atoms with Gasteiger partial charge in [0.05, 0.1) is 0 Å². The molecule has 1 fully saturated rings. The van der Waals surface area contributed by atoms with Gasteiger partial charge in [-0.2, -0.15) is 0 Å². The molecule has 0 aromatic heterocycles. The largest absolute Gasteiger partial charge is 0.353 e. The minimum absolute atomic E-state index is 0. The summed E-state index contributed by atoms with van der Waals surface area (Å²) in [6, 6.07) is 0.316. The molecule has 0 aromatic rings. The molecule has 1 aliphatic rings. The summed E-state index contributed by atoms with van der Waals surface area (Å²) in [6.45, 7) is 6.01. The van der Waals surface area contributed by atoms with E-state index < -0.39 is 0 Å². The summed E-state index contributed by atoms with van der Waals surface area (Å²) in [5.41, 5.74) is 5.75. The lowest BCUT2D eigenvalue weighted by molar-refractivity contribution is -0.126. The third-order valence-electron chi connectivity index (χ3n) is 3.96. The zero-order valence-electron chi connectivity index (χ0n) is 11.2. The first-order valence-corrected chi connectivity index (χ1v) is 6.62. The van der Waals surface area contributed by atoms with Crippen LogP contribution in [0.5, 0.6) is 0 Å². The number of nitrogens with one attached hydrogen (secondary N) is 1. The van der Waals surface area contributed by atoms with Crippen LogP contribution in [0.2, 0.25) is 0 Å². The Morgan fingerprint density at radius 2 is 1.94 bits per heavy atom. The molecule has 1 aliphatic carbocycles. The molecule has 0 bridgehead atoms. The van der Waals surface area contributed by atoms with E-state index in [1.807, 2.05) is 13.8 Å². The molecule has 1 saturated carbocycles. The van der Waals surface area contributed by atoms with Crippen LogP contribution in [-0.4, -0.2) is 18.0 Å². The predicted octanol–water partition coefficient (Wildman–Crippen LogP) is 2.48. The maximum absolute atomic E-state index is 11.9. The normalized spacial score (nSPS) is 27.8. The van der Waals surface area contributed by atoms with Gasteiger partial charge in [-0.15, -0.1) is 12.4 Å². The molecule has 4 heteroatoms. The summed E-state index contributed by atoms with van der Waals surface area (Å²) in [7, 11) is 0. The Morgan fingerprint density at radius 1 is 1.35 bits per heavy atom. The molecule has 3 N–H and O–H groups in total. The zero-order chi connectivity index (χ0) is 12.1. The highest BCUT2D eigenvalue weighted by Crippen LogP contribution is 2.27. The summed E-state index contributed by atoms with van der Waals surface area (Å²) in [5.74, 6) is 0.706. The second kappa shape index (κ2) is 7.93. The van der Waals surface area contributed by atoms with Crippen molar-refractivity contribution in [1.29, 1.82) is 0 Å². The molecule has 3 nitrogen and oxygen atoms in total. The van der Waals surface area contributed by atoms with E-state index in [1.54, 1.807) is 0 Å². The summed E-state index contributed by atoms with van der Waals surface area (Å²) < 4.78 is 0. The fourth-order valence-corrected chi connectivity index (χ4v) is 2.44. The van der Waals surface area contributed by atoms with Crippen molar-refractivity contribution in [2.24, 2.45) is 17.6 Å². The molecule has 0 aromatic carbocycles. The number of halogens is 1. The van der Waals surface area contributed by atoms with Crippen molar-refractivity contribution in [3.63, 3.8) is 0 Å². The first-order chi connectivity index (χ1) is 7.56. The summed E-state index contributed by atoms with van der Waals surface area (Å²) in [4.78, 5) is 11.9. The van der Waals surface area contributed by atoms with Gasteiger partial charge in [0.25, 0.3) is 0 Å². The number of hydrogen-bond donors (Lipinski definition) is 2. The number of hydrogen-bond acceptors (Lipinski definition) is 2. The van der Waals surface area contributed by atoms with Crippen LogP contribution in [0.25, 0.3) is 0 Å². The van der Waals surface area contributed by atoms with Gasteiger partial charge in [-0.3, -0.25) is 4.79 Å². The first kappa shape index (κ1) is 16.7. The molecule has 4 atom stereocenters. The SMILES string of the molecule is CCC1CCCCC1NC(=O)C(C)C(C)N.Cl. The van der Waals surface area contributed by atoms with Crippen molar-refractivity contribution in [1.82, 2.24) is 5.32 Å². The number of rotatable bonds is 4. The maximum atomic E-state index is 11.9. The van der Waals surface area contributed by atoms with E-state index in [-0.39, 0.29) is 30.3 Å². The van der Waals surface area contributed by atoms with Gasteiger partial charge in [0, 0.05) is 18.0 Å². The molecule has 0 spiro atoms. The molecule has 0 saturated heterocycles. The second-order valence-corrected chi connectivity index (χ2v) is 5.22. The first-order valence-electron chi connectivity index (χ1n) is 6.62. The summed E-state index contributed by atoms with van der Waals surface area (Å²) in [6.07, 6.45) is 6.11. The van der Waals surface area contributed by atoms with Gasteiger partial charge in [0.2, 0.25) is 5.91 Å². The van der Waals surface area contributed by atoms with E-state index in [2.05, 4.69) is 12.2 Å². The lowest BCUT2D eigenvalue weighted by atomic mass is 9.82. The van der Waals surface area contributed by atoms with Crippen LogP contribution in [0, 0.1) is 11.8 Å². The molecular weight excluding hydrogens is 236 g/mol. The highest BCUT2D eigenvalue weighted by molar-refractivity contribution is 5.85. The topological polar surface area (TPSA) is 55.1 Å². The van der Waals surface area contributed by atoms with E-state index in [9.17, 15) is 4.79 Å². The van der Waals surface area contributed by atoms with Crippen molar-refractivity contribution in [2.75, 3.05) is 0 Å². The van der Waals surface area contributed by atoms with Crippen LogP contribution >= 0.6 is 12.4 Å². The van der Waals surface area contributed by atoms with Crippen LogP contribution in [0.4, 0.5) is 0 Å². The molecule has 102 valence electrons. The molecule has 0 radical (unpaired) electrons. The van der Waals surface area contributed by atoms with Crippen LogP contribution < -0.4 is 11.1 Å². The second-order valence-electron chi connectivity index (χ2n) is 5.22. The fourth-order valence-electron chi connectivity index (χ4n) is 2.44. The third-order valence-corrected chi connectivity index (χ3v) is 3.96. The van der Waals surface area contributed by atoms with Gasteiger partial charge in [0.15, 0.2) is 0 Å². The van der Waals surface area contributed by atoms with E-state index in [4.69, 9.17) is 5.73 Å². The molecule has 4 unspecified atom stereocenters. The maximum Gasteiger partial charge on any atom is 0.224 e.